The average Bonchev–Trinajstić information content (AvgIpc) is 3.16. The minimum atomic E-state index is -0.334. The van der Waals surface area contributed by atoms with Crippen LogP contribution in [-0.2, 0) is 0 Å². The lowest BCUT2D eigenvalue weighted by atomic mass is 9.98. The number of benzene rings is 2. The summed E-state index contributed by atoms with van der Waals surface area (Å²) in [4.78, 5) is 17.1. The highest BCUT2D eigenvalue weighted by atomic mass is 16.5. The van der Waals surface area contributed by atoms with E-state index in [4.69, 9.17) is 4.52 Å². The molecule has 1 aromatic heterocycles. The van der Waals surface area contributed by atoms with Crippen LogP contribution in [0.25, 0.3) is 11.4 Å². The summed E-state index contributed by atoms with van der Waals surface area (Å²) in [5, 5.41) is 7.14. The number of aryl methyl sites for hydroxylation is 1. The summed E-state index contributed by atoms with van der Waals surface area (Å²) >= 11 is 0. The van der Waals surface area contributed by atoms with Gasteiger partial charge in [-0.25, -0.2) is 0 Å². The largest absolute Gasteiger partial charge is 0.340 e. The maximum Gasteiger partial charge on any atom is 0.251 e. The average molecular weight is 349 g/mol. The second-order valence-corrected chi connectivity index (χ2v) is 6.52. The number of amides is 1. The minimum Gasteiger partial charge on any atom is -0.340 e. The summed E-state index contributed by atoms with van der Waals surface area (Å²) in [6.45, 7) is 6.17. The Bertz CT molecular complexity index is 856. The smallest absolute Gasteiger partial charge is 0.251 e. The van der Waals surface area contributed by atoms with Crippen molar-refractivity contribution in [2.24, 2.45) is 5.92 Å². The molecule has 0 spiro atoms. The molecule has 5 heteroatoms. The van der Waals surface area contributed by atoms with Gasteiger partial charge in [0.15, 0.2) is 0 Å². The van der Waals surface area contributed by atoms with E-state index in [0.717, 1.165) is 12.0 Å². The number of carbonyl (C=O) groups excluding carboxylic acids is 1. The van der Waals surface area contributed by atoms with Gasteiger partial charge in [0.05, 0.1) is 0 Å². The predicted octanol–water partition coefficient (Wildman–Crippen LogP) is 4.56. The number of rotatable bonds is 6. The van der Waals surface area contributed by atoms with Gasteiger partial charge in [-0.2, -0.15) is 4.98 Å². The monoisotopic (exact) mass is 349 g/mol. The summed E-state index contributed by atoms with van der Waals surface area (Å²) < 4.78 is 5.50. The molecule has 0 saturated carbocycles. The molecule has 2 atom stereocenters. The summed E-state index contributed by atoms with van der Waals surface area (Å²) in [6.07, 6.45) is 0.877. The van der Waals surface area contributed by atoms with Crippen molar-refractivity contribution >= 4 is 5.91 Å². The number of carbonyl (C=O) groups is 1. The van der Waals surface area contributed by atoms with Gasteiger partial charge in [-0.3, -0.25) is 4.79 Å². The molecule has 0 aliphatic rings. The maximum atomic E-state index is 12.6. The lowest BCUT2D eigenvalue weighted by Gasteiger charge is -2.20. The topological polar surface area (TPSA) is 68.0 Å². The highest BCUT2D eigenvalue weighted by Crippen LogP contribution is 2.26. The fourth-order valence-corrected chi connectivity index (χ4v) is 2.68. The molecule has 3 aromatic rings. The van der Waals surface area contributed by atoms with Gasteiger partial charge >= 0.3 is 0 Å². The number of nitrogens with zero attached hydrogens (tertiary/aromatic N) is 2. The van der Waals surface area contributed by atoms with Crippen LogP contribution in [0.1, 0.15) is 48.1 Å². The van der Waals surface area contributed by atoms with Gasteiger partial charge in [0, 0.05) is 11.1 Å². The zero-order valence-corrected chi connectivity index (χ0v) is 15.3. The first-order valence-electron chi connectivity index (χ1n) is 8.85. The van der Waals surface area contributed by atoms with Gasteiger partial charge < -0.3 is 9.84 Å². The van der Waals surface area contributed by atoms with Crippen molar-refractivity contribution in [3.8, 4) is 11.4 Å². The fraction of sp³-hybridized carbons (Fsp3) is 0.286. The van der Waals surface area contributed by atoms with E-state index < -0.39 is 0 Å². The number of hydrogen-bond donors (Lipinski definition) is 1. The van der Waals surface area contributed by atoms with Crippen molar-refractivity contribution in [1.82, 2.24) is 15.5 Å². The SMILES string of the molecule is CC[C@H](C)[C@H](NC(=O)c1ccccc1)c1nc(-c2ccc(C)cc2)no1. The van der Waals surface area contributed by atoms with Crippen molar-refractivity contribution < 1.29 is 9.32 Å². The quantitative estimate of drug-likeness (QED) is 0.708. The van der Waals surface area contributed by atoms with Crippen LogP contribution in [0.4, 0.5) is 0 Å². The molecule has 26 heavy (non-hydrogen) atoms. The Morgan fingerprint density at radius 3 is 2.46 bits per heavy atom. The second-order valence-electron chi connectivity index (χ2n) is 6.52. The molecule has 0 saturated heterocycles. The van der Waals surface area contributed by atoms with Crippen LogP contribution in [0.2, 0.25) is 0 Å². The van der Waals surface area contributed by atoms with Crippen molar-refractivity contribution in [3.05, 3.63) is 71.6 Å². The molecule has 5 nitrogen and oxygen atoms in total. The van der Waals surface area contributed by atoms with Gasteiger partial charge in [0.2, 0.25) is 11.7 Å². The third-order valence-electron chi connectivity index (χ3n) is 4.55. The summed E-state index contributed by atoms with van der Waals surface area (Å²) in [6, 6.07) is 16.8. The zero-order chi connectivity index (χ0) is 18.5. The molecule has 0 aliphatic carbocycles. The van der Waals surface area contributed by atoms with Crippen LogP contribution < -0.4 is 5.32 Å². The molecule has 1 N–H and O–H groups in total. The Balaban J connectivity index is 1.84. The van der Waals surface area contributed by atoms with Gasteiger partial charge in [0.25, 0.3) is 5.91 Å². The molecule has 0 unspecified atom stereocenters. The van der Waals surface area contributed by atoms with Gasteiger partial charge in [-0.1, -0.05) is 73.5 Å². The fourth-order valence-electron chi connectivity index (χ4n) is 2.68. The van der Waals surface area contributed by atoms with Crippen molar-refractivity contribution in [2.75, 3.05) is 0 Å². The molecular weight excluding hydrogens is 326 g/mol. The number of nitrogens with one attached hydrogen (secondary N) is 1. The molecule has 0 aliphatic heterocycles. The predicted molar refractivity (Wildman–Crippen MR) is 101 cm³/mol. The third kappa shape index (κ3) is 3.99. The zero-order valence-electron chi connectivity index (χ0n) is 15.3. The van der Waals surface area contributed by atoms with Crippen LogP contribution in [-0.4, -0.2) is 16.0 Å². The number of hydrogen-bond acceptors (Lipinski definition) is 4. The first-order chi connectivity index (χ1) is 12.6. The molecule has 0 bridgehead atoms. The highest BCUT2D eigenvalue weighted by Gasteiger charge is 2.26. The van der Waals surface area contributed by atoms with E-state index in [-0.39, 0.29) is 17.9 Å². The van der Waals surface area contributed by atoms with Crippen molar-refractivity contribution in [2.45, 2.75) is 33.2 Å². The van der Waals surface area contributed by atoms with E-state index in [2.05, 4.69) is 29.3 Å². The van der Waals surface area contributed by atoms with E-state index in [1.54, 1.807) is 12.1 Å². The molecule has 3 rings (SSSR count). The first kappa shape index (κ1) is 17.9. The van der Waals surface area contributed by atoms with Gasteiger partial charge in [-0.05, 0) is 25.0 Å². The van der Waals surface area contributed by atoms with E-state index in [1.807, 2.05) is 49.4 Å². The Morgan fingerprint density at radius 1 is 1.12 bits per heavy atom. The standard InChI is InChI=1S/C21H23N3O2/c1-4-15(3)18(22-20(25)17-8-6-5-7-9-17)21-23-19(24-26-21)16-12-10-14(2)11-13-16/h5-13,15,18H,4H2,1-3H3,(H,22,25)/t15-,18-/m0/s1. The van der Waals surface area contributed by atoms with E-state index in [0.29, 0.717) is 17.3 Å². The maximum absolute atomic E-state index is 12.6. The van der Waals surface area contributed by atoms with Crippen molar-refractivity contribution in [1.29, 1.82) is 0 Å². The van der Waals surface area contributed by atoms with E-state index in [1.165, 1.54) is 5.56 Å². The summed E-state index contributed by atoms with van der Waals surface area (Å²) in [5.41, 5.74) is 2.67. The molecular formula is C21H23N3O2. The third-order valence-corrected chi connectivity index (χ3v) is 4.55. The second kappa shape index (κ2) is 7.95. The van der Waals surface area contributed by atoms with E-state index >= 15 is 0 Å². The van der Waals surface area contributed by atoms with Crippen LogP contribution in [0.15, 0.2) is 59.1 Å². The first-order valence-corrected chi connectivity index (χ1v) is 8.85. The van der Waals surface area contributed by atoms with Crippen LogP contribution in [0, 0.1) is 12.8 Å². The molecule has 0 radical (unpaired) electrons. The Labute approximate surface area is 153 Å². The van der Waals surface area contributed by atoms with Gasteiger partial charge in [-0.15, -0.1) is 0 Å². The summed E-state index contributed by atoms with van der Waals surface area (Å²) in [7, 11) is 0. The van der Waals surface area contributed by atoms with Crippen molar-refractivity contribution in [3.63, 3.8) is 0 Å². The van der Waals surface area contributed by atoms with Gasteiger partial charge in [0.1, 0.15) is 6.04 Å². The minimum absolute atomic E-state index is 0.147. The Morgan fingerprint density at radius 2 is 1.81 bits per heavy atom. The lowest BCUT2D eigenvalue weighted by Crippen LogP contribution is -2.32. The molecule has 1 heterocycles. The number of aromatic nitrogens is 2. The molecule has 134 valence electrons. The normalized spacial score (nSPS) is 13.2. The van der Waals surface area contributed by atoms with Crippen LogP contribution >= 0.6 is 0 Å². The highest BCUT2D eigenvalue weighted by molar-refractivity contribution is 5.94. The van der Waals surface area contributed by atoms with Crippen LogP contribution in [0.3, 0.4) is 0 Å². The van der Waals surface area contributed by atoms with Crippen LogP contribution in [0.5, 0.6) is 0 Å². The molecule has 0 fully saturated rings. The Hall–Kier alpha value is -2.95. The lowest BCUT2D eigenvalue weighted by molar-refractivity contribution is 0.0910. The molecule has 2 aromatic carbocycles. The molecule has 1 amide bonds. The Kier molecular flexibility index (Phi) is 5.46. The summed E-state index contributed by atoms with van der Waals surface area (Å²) in [5.74, 6) is 0.974. The van der Waals surface area contributed by atoms with E-state index in [9.17, 15) is 4.79 Å².